The molecule has 3 N–H and O–H groups in total. The summed E-state index contributed by atoms with van der Waals surface area (Å²) in [6, 6.07) is 18.9. The molecule has 3 aromatic heterocycles. The lowest BCUT2D eigenvalue weighted by atomic mass is 10.1. The average molecular weight is 420 g/mol. The third kappa shape index (κ3) is 3.22. The van der Waals surface area contributed by atoms with Crippen LogP contribution in [-0.4, -0.2) is 32.2 Å². The highest BCUT2D eigenvalue weighted by atomic mass is 31.2. The van der Waals surface area contributed by atoms with E-state index >= 15 is 0 Å². The number of nitrogens with one attached hydrogen (secondary N) is 2. The van der Waals surface area contributed by atoms with Gasteiger partial charge in [0, 0.05) is 11.5 Å². The smallest absolute Gasteiger partial charge is 0.408 e. The summed E-state index contributed by atoms with van der Waals surface area (Å²) in [5, 5.41) is 8.35. The van der Waals surface area contributed by atoms with Gasteiger partial charge in [0.1, 0.15) is 11.4 Å². The van der Waals surface area contributed by atoms with Crippen LogP contribution in [0.2, 0.25) is 0 Å². The van der Waals surface area contributed by atoms with Crippen molar-refractivity contribution in [2.24, 2.45) is 0 Å². The monoisotopic (exact) mass is 420 g/mol. The maximum absolute atomic E-state index is 12.7. The van der Waals surface area contributed by atoms with E-state index in [-0.39, 0.29) is 11.1 Å². The number of H-pyrrole nitrogens is 2. The molecule has 0 saturated carbocycles. The van der Waals surface area contributed by atoms with Gasteiger partial charge >= 0.3 is 7.60 Å². The molecule has 5 rings (SSSR count). The molecule has 3 heterocycles. The molecule has 1 atom stereocenters. The predicted octanol–water partition coefficient (Wildman–Crippen LogP) is 4.00. The van der Waals surface area contributed by atoms with Gasteiger partial charge in [0.05, 0.1) is 34.7 Å². The van der Waals surface area contributed by atoms with Crippen LogP contribution in [0, 0.1) is 0 Å². The number of aromatic nitrogens is 4. The van der Waals surface area contributed by atoms with E-state index in [1.165, 1.54) is 0 Å². The lowest BCUT2D eigenvalue weighted by Gasteiger charge is -2.13. The molecule has 0 bridgehead atoms. The van der Waals surface area contributed by atoms with Gasteiger partial charge in [0.25, 0.3) is 0 Å². The highest BCUT2D eigenvalue weighted by Crippen LogP contribution is 2.42. The number of nitrogens with zero attached hydrogens (tertiary/aromatic N) is 2. The van der Waals surface area contributed by atoms with Gasteiger partial charge in [0.15, 0.2) is 0 Å². The second-order valence-electron chi connectivity index (χ2n) is 6.70. The number of rotatable bonds is 5. The summed E-state index contributed by atoms with van der Waals surface area (Å²) in [4.78, 5) is 18.1. The summed E-state index contributed by atoms with van der Waals surface area (Å²) in [5.41, 5.74) is 3.77. The fourth-order valence-electron chi connectivity index (χ4n) is 3.30. The van der Waals surface area contributed by atoms with Crippen molar-refractivity contribution in [3.63, 3.8) is 0 Å². The number of ether oxygens (including phenoxy) is 1. The van der Waals surface area contributed by atoms with Crippen LogP contribution >= 0.6 is 7.60 Å². The van der Waals surface area contributed by atoms with Gasteiger partial charge < -0.3 is 19.1 Å². The standard InChI is InChI=1S/C21H17N4O4P/c1-28-20-10-9-17-18(23-20)12-19(22-17)21-15-11-13(7-8-16(15)24-25-21)29-30(26,27)14-5-3-2-4-6-14/h2-12,22H,1H3,(H,24,25)(H,26,27). The molecule has 2 aromatic carbocycles. The number of fused-ring (bicyclic) bond motifs is 2. The molecule has 0 aliphatic rings. The highest BCUT2D eigenvalue weighted by molar-refractivity contribution is 7.61. The van der Waals surface area contributed by atoms with Crippen LogP contribution < -0.4 is 14.6 Å². The van der Waals surface area contributed by atoms with Crippen LogP contribution in [0.1, 0.15) is 0 Å². The lowest BCUT2D eigenvalue weighted by Crippen LogP contribution is -2.08. The Balaban J connectivity index is 1.54. The molecule has 8 nitrogen and oxygen atoms in total. The van der Waals surface area contributed by atoms with Crippen LogP contribution in [0.3, 0.4) is 0 Å². The molecule has 0 spiro atoms. The number of methoxy groups -OCH3 is 1. The van der Waals surface area contributed by atoms with E-state index in [1.807, 2.05) is 12.1 Å². The molecular weight excluding hydrogens is 403 g/mol. The Hall–Kier alpha value is -3.61. The van der Waals surface area contributed by atoms with Crippen molar-refractivity contribution in [2.75, 3.05) is 7.11 Å². The van der Waals surface area contributed by atoms with Crippen molar-refractivity contribution in [1.29, 1.82) is 0 Å². The fourth-order valence-corrected chi connectivity index (χ4v) is 4.35. The van der Waals surface area contributed by atoms with Gasteiger partial charge in [-0.05, 0) is 42.5 Å². The van der Waals surface area contributed by atoms with Crippen molar-refractivity contribution < 1.29 is 18.7 Å². The zero-order valence-corrected chi connectivity index (χ0v) is 16.8. The predicted molar refractivity (Wildman–Crippen MR) is 114 cm³/mol. The summed E-state index contributed by atoms with van der Waals surface area (Å²) in [6.45, 7) is 0. The first-order valence-electron chi connectivity index (χ1n) is 9.14. The Morgan fingerprint density at radius 3 is 2.60 bits per heavy atom. The van der Waals surface area contributed by atoms with Gasteiger partial charge in [-0.25, -0.2) is 9.55 Å². The average Bonchev–Trinajstić information content (AvgIpc) is 3.36. The molecule has 0 saturated heterocycles. The van der Waals surface area contributed by atoms with Gasteiger partial charge in [-0.15, -0.1) is 0 Å². The van der Waals surface area contributed by atoms with Crippen LogP contribution in [-0.2, 0) is 4.57 Å². The number of hydrogen-bond donors (Lipinski definition) is 3. The minimum atomic E-state index is -4.01. The van der Waals surface area contributed by atoms with E-state index in [9.17, 15) is 9.46 Å². The number of pyridine rings is 1. The van der Waals surface area contributed by atoms with Crippen molar-refractivity contribution in [2.45, 2.75) is 0 Å². The summed E-state index contributed by atoms with van der Waals surface area (Å²) in [5.74, 6) is 0.797. The maximum atomic E-state index is 12.7. The molecule has 30 heavy (non-hydrogen) atoms. The maximum Gasteiger partial charge on any atom is 0.408 e. The topological polar surface area (TPSA) is 113 Å². The SMILES string of the molecule is COc1ccc2[nH]c(-c3n[nH]c4ccc(OP(=O)(O)c5ccccc5)cc34)cc2n1. The number of hydrogen-bond acceptors (Lipinski definition) is 5. The molecule has 9 heteroatoms. The number of aromatic amines is 2. The molecule has 1 unspecified atom stereocenters. The summed E-state index contributed by atoms with van der Waals surface area (Å²) in [6.07, 6.45) is 0. The third-order valence-electron chi connectivity index (χ3n) is 4.76. The highest BCUT2D eigenvalue weighted by Gasteiger charge is 2.24. The molecule has 0 aliphatic carbocycles. The van der Waals surface area contributed by atoms with Crippen molar-refractivity contribution in [3.05, 3.63) is 66.7 Å². The Kier molecular flexibility index (Phi) is 4.31. The second kappa shape index (κ2) is 7.02. The van der Waals surface area contributed by atoms with E-state index in [1.54, 1.807) is 61.7 Å². The van der Waals surface area contributed by atoms with E-state index in [0.29, 0.717) is 11.6 Å². The molecule has 0 radical (unpaired) electrons. The van der Waals surface area contributed by atoms with Crippen LogP contribution in [0.15, 0.2) is 66.7 Å². The van der Waals surface area contributed by atoms with Crippen LogP contribution in [0.25, 0.3) is 33.3 Å². The third-order valence-corrected chi connectivity index (χ3v) is 6.17. The van der Waals surface area contributed by atoms with E-state index < -0.39 is 7.60 Å². The van der Waals surface area contributed by atoms with Crippen molar-refractivity contribution in [1.82, 2.24) is 20.2 Å². The van der Waals surface area contributed by atoms with Gasteiger partial charge in [-0.1, -0.05) is 18.2 Å². The van der Waals surface area contributed by atoms with Gasteiger partial charge in [-0.2, -0.15) is 5.10 Å². The van der Waals surface area contributed by atoms with E-state index in [4.69, 9.17) is 9.26 Å². The normalized spacial score (nSPS) is 13.4. The van der Waals surface area contributed by atoms with Crippen molar-refractivity contribution >= 4 is 34.8 Å². The molecular formula is C21H17N4O4P. The molecule has 0 aliphatic heterocycles. The summed E-state index contributed by atoms with van der Waals surface area (Å²) in [7, 11) is -2.44. The van der Waals surface area contributed by atoms with Gasteiger partial charge in [0.2, 0.25) is 5.88 Å². The van der Waals surface area contributed by atoms with E-state index in [0.717, 1.165) is 27.6 Å². The first-order chi connectivity index (χ1) is 14.5. The zero-order chi connectivity index (χ0) is 20.7. The largest absolute Gasteiger partial charge is 0.481 e. The second-order valence-corrected chi connectivity index (χ2v) is 8.44. The van der Waals surface area contributed by atoms with Crippen LogP contribution in [0.5, 0.6) is 11.6 Å². The fraction of sp³-hybridized carbons (Fsp3) is 0.0476. The Morgan fingerprint density at radius 2 is 1.80 bits per heavy atom. The Morgan fingerprint density at radius 1 is 1.00 bits per heavy atom. The molecule has 0 amide bonds. The first-order valence-corrected chi connectivity index (χ1v) is 10.7. The first kappa shape index (κ1) is 18.4. The molecule has 150 valence electrons. The Labute approximate surface area is 171 Å². The lowest BCUT2D eigenvalue weighted by molar-refractivity contribution is 0.393. The summed E-state index contributed by atoms with van der Waals surface area (Å²) >= 11 is 0. The molecule has 0 fully saturated rings. The van der Waals surface area contributed by atoms with Gasteiger partial charge in [-0.3, -0.25) is 5.10 Å². The van der Waals surface area contributed by atoms with Crippen LogP contribution in [0.4, 0.5) is 0 Å². The molecule has 5 aromatic rings. The van der Waals surface area contributed by atoms with E-state index in [2.05, 4.69) is 20.2 Å². The number of benzene rings is 2. The quantitative estimate of drug-likeness (QED) is 0.371. The van der Waals surface area contributed by atoms with Crippen molar-refractivity contribution in [3.8, 4) is 23.0 Å². The minimum absolute atomic E-state index is 0.230. The zero-order valence-electron chi connectivity index (χ0n) is 15.9. The minimum Gasteiger partial charge on any atom is -0.481 e. The Bertz CT molecular complexity index is 1410. The summed E-state index contributed by atoms with van der Waals surface area (Å²) < 4.78 is 23.3.